The Kier molecular flexibility index (Phi) is 6.67. The van der Waals surface area contributed by atoms with Gasteiger partial charge in [-0.05, 0) is 42.2 Å². The molecule has 150 valence electrons. The van der Waals surface area contributed by atoms with Crippen molar-refractivity contribution in [2.75, 3.05) is 11.9 Å². The van der Waals surface area contributed by atoms with E-state index in [-0.39, 0.29) is 12.5 Å². The van der Waals surface area contributed by atoms with Crippen LogP contribution in [0.5, 0.6) is 0 Å². The van der Waals surface area contributed by atoms with Crippen LogP contribution in [0.4, 0.5) is 5.00 Å². The fourth-order valence-corrected chi connectivity index (χ4v) is 3.77. The molecule has 29 heavy (non-hydrogen) atoms. The van der Waals surface area contributed by atoms with Crippen LogP contribution in [-0.2, 0) is 9.53 Å². The van der Waals surface area contributed by atoms with Crippen molar-refractivity contribution in [3.05, 3.63) is 71.0 Å². The Hall–Kier alpha value is -3.12. The summed E-state index contributed by atoms with van der Waals surface area (Å²) in [6.45, 7) is 6.28. The third kappa shape index (κ3) is 5.03. The number of hydrogen-bond donors (Lipinski definition) is 1. The summed E-state index contributed by atoms with van der Waals surface area (Å²) in [6, 6.07) is 11.6. The number of carbonyl (C=O) groups is 2. The van der Waals surface area contributed by atoms with Crippen molar-refractivity contribution in [2.24, 2.45) is 0 Å². The second-order valence-electron chi connectivity index (χ2n) is 6.69. The molecule has 0 aliphatic rings. The number of anilines is 1. The fourth-order valence-electron chi connectivity index (χ4n) is 2.81. The number of thiophene rings is 1. The van der Waals surface area contributed by atoms with Crippen LogP contribution in [0.15, 0.2) is 58.5 Å². The molecule has 1 N–H and O–H groups in total. The van der Waals surface area contributed by atoms with Crippen molar-refractivity contribution in [3.63, 3.8) is 0 Å². The van der Waals surface area contributed by atoms with Gasteiger partial charge in [-0.3, -0.25) is 4.79 Å². The Balaban J connectivity index is 1.89. The molecule has 2 heterocycles. The van der Waals surface area contributed by atoms with Gasteiger partial charge in [0.2, 0.25) is 5.91 Å². The lowest BCUT2D eigenvalue weighted by Gasteiger charge is -2.09. The Bertz CT molecular complexity index is 998. The van der Waals surface area contributed by atoms with E-state index in [9.17, 15) is 9.59 Å². The minimum absolute atomic E-state index is 0.256. The number of hydrogen-bond acceptors (Lipinski definition) is 5. The van der Waals surface area contributed by atoms with Crippen LogP contribution in [0.1, 0.15) is 48.4 Å². The van der Waals surface area contributed by atoms with Gasteiger partial charge in [0.1, 0.15) is 16.3 Å². The van der Waals surface area contributed by atoms with Crippen LogP contribution in [0, 0.1) is 0 Å². The van der Waals surface area contributed by atoms with E-state index in [2.05, 4.69) is 31.3 Å². The normalized spacial score (nSPS) is 11.2. The molecule has 0 aliphatic carbocycles. The van der Waals surface area contributed by atoms with Crippen LogP contribution < -0.4 is 5.32 Å². The summed E-state index contributed by atoms with van der Waals surface area (Å²) in [5, 5.41) is 5.10. The number of furan rings is 1. The molecule has 6 heteroatoms. The summed E-state index contributed by atoms with van der Waals surface area (Å²) in [4.78, 5) is 24.9. The second kappa shape index (κ2) is 9.39. The van der Waals surface area contributed by atoms with E-state index in [4.69, 9.17) is 9.15 Å². The van der Waals surface area contributed by atoms with Crippen molar-refractivity contribution < 1.29 is 18.7 Å². The van der Waals surface area contributed by atoms with E-state index in [0.29, 0.717) is 22.2 Å². The molecule has 0 fully saturated rings. The molecule has 0 radical (unpaired) electrons. The zero-order valence-corrected chi connectivity index (χ0v) is 17.4. The molecule has 3 rings (SSSR count). The van der Waals surface area contributed by atoms with E-state index < -0.39 is 5.97 Å². The van der Waals surface area contributed by atoms with Crippen LogP contribution in [-0.4, -0.2) is 18.5 Å². The molecule has 0 aliphatic heterocycles. The highest BCUT2D eigenvalue weighted by Crippen LogP contribution is 2.36. The largest absolute Gasteiger partial charge is 0.465 e. The molecule has 0 bridgehead atoms. The van der Waals surface area contributed by atoms with Crippen molar-refractivity contribution in [3.8, 4) is 11.1 Å². The highest BCUT2D eigenvalue weighted by atomic mass is 32.1. The van der Waals surface area contributed by atoms with Gasteiger partial charge in [-0.2, -0.15) is 0 Å². The molecule has 5 nitrogen and oxygen atoms in total. The summed E-state index contributed by atoms with van der Waals surface area (Å²) < 4.78 is 10.4. The lowest BCUT2D eigenvalue weighted by atomic mass is 9.98. The number of rotatable bonds is 7. The van der Waals surface area contributed by atoms with Gasteiger partial charge in [-0.15, -0.1) is 11.3 Å². The lowest BCUT2D eigenvalue weighted by molar-refractivity contribution is -0.111. The average molecular weight is 410 g/mol. The number of esters is 1. The minimum atomic E-state index is -0.456. The predicted molar refractivity (Wildman–Crippen MR) is 116 cm³/mol. The first-order valence-electron chi connectivity index (χ1n) is 9.41. The van der Waals surface area contributed by atoms with Crippen molar-refractivity contribution >= 4 is 34.3 Å². The van der Waals surface area contributed by atoms with Gasteiger partial charge in [0.05, 0.1) is 12.9 Å². The Morgan fingerprint density at radius 3 is 2.59 bits per heavy atom. The first-order valence-corrected chi connectivity index (χ1v) is 10.3. The Labute approximate surface area is 174 Å². The Morgan fingerprint density at radius 1 is 1.21 bits per heavy atom. The zero-order valence-electron chi connectivity index (χ0n) is 16.6. The highest BCUT2D eigenvalue weighted by Gasteiger charge is 2.22. The van der Waals surface area contributed by atoms with Crippen LogP contribution >= 0.6 is 11.3 Å². The van der Waals surface area contributed by atoms with Gasteiger partial charge in [0.25, 0.3) is 0 Å². The molecule has 0 spiro atoms. The zero-order chi connectivity index (χ0) is 20.8. The molecule has 1 aromatic carbocycles. The van der Waals surface area contributed by atoms with E-state index >= 15 is 0 Å². The number of benzene rings is 1. The van der Waals surface area contributed by atoms with Gasteiger partial charge in [0.15, 0.2) is 0 Å². The maximum Gasteiger partial charge on any atom is 0.341 e. The van der Waals surface area contributed by atoms with Gasteiger partial charge >= 0.3 is 5.97 Å². The monoisotopic (exact) mass is 409 g/mol. The summed E-state index contributed by atoms with van der Waals surface area (Å²) in [5.41, 5.74) is 3.24. The molecular formula is C23H23NO4S. The van der Waals surface area contributed by atoms with Crippen molar-refractivity contribution in [1.29, 1.82) is 0 Å². The minimum Gasteiger partial charge on any atom is -0.465 e. The highest BCUT2D eigenvalue weighted by molar-refractivity contribution is 7.15. The molecule has 0 unspecified atom stereocenters. The number of carbonyl (C=O) groups excluding carboxylic acids is 2. The molecule has 0 saturated carbocycles. The second-order valence-corrected chi connectivity index (χ2v) is 7.57. The fraction of sp³-hybridized carbons (Fsp3) is 0.217. The van der Waals surface area contributed by atoms with Crippen LogP contribution in [0.2, 0.25) is 0 Å². The van der Waals surface area contributed by atoms with E-state index in [0.717, 1.165) is 11.1 Å². The summed E-state index contributed by atoms with van der Waals surface area (Å²) >= 11 is 1.30. The standard InChI is InChI=1S/C23H23NO4S/c1-4-27-23(26)21-19(17-9-7-16(8-10-17)15(2)3)14-29-22(21)24-20(25)12-11-18-6-5-13-28-18/h5-15H,4H2,1-3H3,(H,24,25)/b12-11+. The van der Waals surface area contributed by atoms with E-state index in [1.165, 1.54) is 29.2 Å². The maximum absolute atomic E-state index is 12.6. The van der Waals surface area contributed by atoms with E-state index in [1.54, 1.807) is 25.1 Å². The van der Waals surface area contributed by atoms with Crippen LogP contribution in [0.25, 0.3) is 17.2 Å². The summed E-state index contributed by atoms with van der Waals surface area (Å²) in [7, 11) is 0. The molecule has 3 aromatic rings. The van der Waals surface area contributed by atoms with Gasteiger partial charge in [-0.1, -0.05) is 38.1 Å². The average Bonchev–Trinajstić information content (AvgIpc) is 3.36. The molecule has 1 amide bonds. The molecular weight excluding hydrogens is 386 g/mol. The predicted octanol–water partition coefficient (Wildman–Crippen LogP) is 5.96. The molecule has 0 saturated heterocycles. The number of nitrogens with one attached hydrogen (secondary N) is 1. The van der Waals surface area contributed by atoms with Gasteiger partial charge in [-0.25, -0.2) is 4.79 Å². The molecule has 2 aromatic heterocycles. The topological polar surface area (TPSA) is 68.5 Å². The maximum atomic E-state index is 12.6. The first-order chi connectivity index (χ1) is 14.0. The summed E-state index contributed by atoms with van der Waals surface area (Å²) in [6.07, 6.45) is 4.47. The van der Waals surface area contributed by atoms with E-state index in [1.807, 2.05) is 17.5 Å². The lowest BCUT2D eigenvalue weighted by Crippen LogP contribution is -2.12. The number of ether oxygens (including phenoxy) is 1. The quantitative estimate of drug-likeness (QED) is 0.386. The van der Waals surface area contributed by atoms with Gasteiger partial charge < -0.3 is 14.5 Å². The molecule has 0 atom stereocenters. The Morgan fingerprint density at radius 2 is 1.97 bits per heavy atom. The van der Waals surface area contributed by atoms with Gasteiger partial charge in [0, 0.05) is 17.0 Å². The third-order valence-corrected chi connectivity index (χ3v) is 5.23. The third-order valence-electron chi connectivity index (χ3n) is 4.34. The van der Waals surface area contributed by atoms with Crippen molar-refractivity contribution in [2.45, 2.75) is 26.7 Å². The summed E-state index contributed by atoms with van der Waals surface area (Å²) in [5.74, 6) is 0.187. The number of amides is 1. The first kappa shape index (κ1) is 20.6. The SMILES string of the molecule is CCOC(=O)c1c(-c2ccc(C(C)C)cc2)csc1NC(=O)/C=C/c1ccco1. The van der Waals surface area contributed by atoms with Crippen LogP contribution in [0.3, 0.4) is 0 Å². The smallest absolute Gasteiger partial charge is 0.341 e. The van der Waals surface area contributed by atoms with Crippen molar-refractivity contribution in [1.82, 2.24) is 0 Å².